The van der Waals surface area contributed by atoms with Crippen molar-refractivity contribution >= 4 is 23.3 Å². The molecule has 0 unspecified atom stereocenters. The fourth-order valence-electron chi connectivity index (χ4n) is 2.08. The van der Waals surface area contributed by atoms with Crippen LogP contribution in [0.1, 0.15) is 36.5 Å². The van der Waals surface area contributed by atoms with Crippen LogP contribution < -0.4 is 10.6 Å². The van der Waals surface area contributed by atoms with Crippen LogP contribution in [0.5, 0.6) is 0 Å². The van der Waals surface area contributed by atoms with Gasteiger partial charge in [0.2, 0.25) is 0 Å². The largest absolute Gasteiger partial charge is 0.369 e. The number of pyridine rings is 1. The van der Waals surface area contributed by atoms with Crippen molar-refractivity contribution in [2.24, 2.45) is 0 Å². The predicted octanol–water partition coefficient (Wildman–Crippen LogP) is 2.38. The Balaban J connectivity index is 1.82. The van der Waals surface area contributed by atoms with Crippen molar-refractivity contribution < 1.29 is 4.79 Å². The normalized spacial score (nSPS) is 14.3. The lowest BCUT2D eigenvalue weighted by molar-refractivity contribution is 0.0949. The summed E-state index contributed by atoms with van der Waals surface area (Å²) in [5, 5.41) is 6.51. The highest BCUT2D eigenvalue weighted by Gasteiger charge is 2.25. The van der Waals surface area contributed by atoms with E-state index < -0.39 is 0 Å². The van der Waals surface area contributed by atoms with Crippen LogP contribution in [0.2, 0.25) is 5.02 Å². The minimum absolute atomic E-state index is 0.129. The Morgan fingerprint density at radius 3 is 2.86 bits per heavy atom. The van der Waals surface area contributed by atoms with Gasteiger partial charge in [-0.1, -0.05) is 18.5 Å². The van der Waals surface area contributed by atoms with Crippen molar-refractivity contribution in [3.05, 3.63) is 22.8 Å². The van der Waals surface area contributed by atoms with E-state index >= 15 is 0 Å². The molecule has 0 saturated heterocycles. The number of carbonyl (C=O) groups is 1. The zero-order valence-electron chi connectivity index (χ0n) is 12.7. The lowest BCUT2D eigenvalue weighted by Crippen LogP contribution is -2.34. The number of hydrogen-bond donors (Lipinski definition) is 2. The van der Waals surface area contributed by atoms with Gasteiger partial charge in [-0.3, -0.25) is 4.79 Å². The monoisotopic (exact) mass is 310 g/mol. The van der Waals surface area contributed by atoms with Crippen molar-refractivity contribution in [2.75, 3.05) is 32.0 Å². The Kier molecular flexibility index (Phi) is 5.82. The first-order valence-corrected chi connectivity index (χ1v) is 7.87. The molecule has 1 aliphatic carbocycles. The summed E-state index contributed by atoms with van der Waals surface area (Å²) in [5.74, 6) is 0.499. The van der Waals surface area contributed by atoms with Crippen LogP contribution in [0.4, 0.5) is 5.82 Å². The molecule has 1 aromatic rings. The zero-order valence-corrected chi connectivity index (χ0v) is 13.4. The molecular formula is C15H23ClN4O. The summed E-state index contributed by atoms with van der Waals surface area (Å²) in [6.07, 6.45) is 5.10. The van der Waals surface area contributed by atoms with Crippen molar-refractivity contribution in [3.63, 3.8) is 0 Å². The molecule has 116 valence electrons. The molecule has 1 heterocycles. The first-order chi connectivity index (χ1) is 10.1. The molecule has 0 radical (unpaired) electrons. The quantitative estimate of drug-likeness (QED) is 0.774. The summed E-state index contributed by atoms with van der Waals surface area (Å²) >= 11 is 6.13. The molecule has 0 bridgehead atoms. The van der Waals surface area contributed by atoms with E-state index in [1.807, 2.05) is 0 Å². The Bertz CT molecular complexity index is 491. The number of likely N-dealkylation sites (N-methyl/N-ethyl adjacent to an activating group) is 1. The van der Waals surface area contributed by atoms with Crippen LogP contribution >= 0.6 is 11.6 Å². The average Bonchev–Trinajstić information content (AvgIpc) is 3.30. The second-order valence-corrected chi connectivity index (χ2v) is 5.86. The van der Waals surface area contributed by atoms with Gasteiger partial charge in [0.05, 0.1) is 10.6 Å². The molecule has 2 rings (SSSR count). The molecule has 1 saturated carbocycles. The van der Waals surface area contributed by atoms with Gasteiger partial charge in [0.25, 0.3) is 5.91 Å². The maximum Gasteiger partial charge on any atom is 0.252 e. The second-order valence-electron chi connectivity index (χ2n) is 5.45. The predicted molar refractivity (Wildman–Crippen MR) is 86.0 cm³/mol. The molecule has 6 heteroatoms. The van der Waals surface area contributed by atoms with Gasteiger partial charge in [0, 0.05) is 31.9 Å². The van der Waals surface area contributed by atoms with E-state index in [2.05, 4.69) is 34.5 Å². The molecule has 1 amide bonds. The number of amides is 1. The molecule has 0 aliphatic heterocycles. The lowest BCUT2D eigenvalue weighted by Gasteiger charge is -2.15. The van der Waals surface area contributed by atoms with Crippen LogP contribution in [0.25, 0.3) is 0 Å². The van der Waals surface area contributed by atoms with Gasteiger partial charge >= 0.3 is 0 Å². The number of aromatic nitrogens is 1. The summed E-state index contributed by atoms with van der Waals surface area (Å²) in [6, 6.07) is 2.37. The molecule has 0 atom stereocenters. The molecule has 1 aliphatic rings. The molecule has 5 nitrogen and oxygen atoms in total. The fraction of sp³-hybridized carbons (Fsp3) is 0.600. The summed E-state index contributed by atoms with van der Waals surface area (Å²) < 4.78 is 0. The van der Waals surface area contributed by atoms with Gasteiger partial charge in [-0.2, -0.15) is 0 Å². The molecular weight excluding hydrogens is 288 g/mol. The summed E-state index contributed by atoms with van der Waals surface area (Å²) in [4.78, 5) is 18.5. The topological polar surface area (TPSA) is 57.3 Å². The van der Waals surface area contributed by atoms with Gasteiger partial charge in [0.1, 0.15) is 5.82 Å². The number of carbonyl (C=O) groups excluding carboxylic acids is 1. The smallest absolute Gasteiger partial charge is 0.252 e. The van der Waals surface area contributed by atoms with Crippen molar-refractivity contribution in [1.82, 2.24) is 15.2 Å². The van der Waals surface area contributed by atoms with E-state index in [1.165, 1.54) is 12.8 Å². The Hall–Kier alpha value is -1.33. The van der Waals surface area contributed by atoms with Crippen LogP contribution in [0.15, 0.2) is 12.3 Å². The van der Waals surface area contributed by atoms with Crippen molar-refractivity contribution in [1.29, 1.82) is 0 Å². The van der Waals surface area contributed by atoms with Crippen LogP contribution in [0.3, 0.4) is 0 Å². The highest BCUT2D eigenvalue weighted by atomic mass is 35.5. The number of anilines is 1. The number of halogens is 1. The van der Waals surface area contributed by atoms with E-state index in [1.54, 1.807) is 12.3 Å². The van der Waals surface area contributed by atoms with E-state index in [9.17, 15) is 4.79 Å². The zero-order chi connectivity index (χ0) is 15.2. The highest BCUT2D eigenvalue weighted by molar-refractivity contribution is 6.33. The first-order valence-electron chi connectivity index (χ1n) is 7.49. The molecule has 1 aromatic heterocycles. The summed E-state index contributed by atoms with van der Waals surface area (Å²) in [5.41, 5.74) is 0.496. The first kappa shape index (κ1) is 16.0. The van der Waals surface area contributed by atoms with Gasteiger partial charge < -0.3 is 15.5 Å². The maximum atomic E-state index is 12.0. The number of hydrogen-bond acceptors (Lipinski definition) is 4. The SMILES string of the molecule is CCCNc1ncc(C(=O)NCCN(C)C2CC2)cc1Cl. The molecule has 1 fully saturated rings. The second kappa shape index (κ2) is 7.61. The summed E-state index contributed by atoms with van der Waals surface area (Å²) in [7, 11) is 2.09. The molecule has 21 heavy (non-hydrogen) atoms. The third-order valence-corrected chi connectivity index (χ3v) is 3.85. The Morgan fingerprint density at radius 1 is 1.48 bits per heavy atom. The third-order valence-electron chi connectivity index (χ3n) is 3.57. The molecule has 2 N–H and O–H groups in total. The van der Waals surface area contributed by atoms with Crippen LogP contribution in [0, 0.1) is 0 Å². The van der Waals surface area contributed by atoms with E-state index in [-0.39, 0.29) is 5.91 Å². The average molecular weight is 311 g/mol. The van der Waals surface area contributed by atoms with E-state index in [4.69, 9.17) is 11.6 Å². The minimum Gasteiger partial charge on any atom is -0.369 e. The van der Waals surface area contributed by atoms with Crippen LogP contribution in [-0.2, 0) is 0 Å². The van der Waals surface area contributed by atoms with Gasteiger partial charge in [-0.15, -0.1) is 0 Å². The Labute approximate surface area is 131 Å². The van der Waals surface area contributed by atoms with Crippen molar-refractivity contribution in [2.45, 2.75) is 32.2 Å². The van der Waals surface area contributed by atoms with Gasteiger partial charge in [-0.25, -0.2) is 4.98 Å². The third kappa shape index (κ3) is 4.86. The standard InChI is InChI=1S/C15H23ClN4O/c1-3-6-17-14-13(16)9-11(10-19-14)15(21)18-7-8-20(2)12-4-5-12/h9-10,12H,3-8H2,1-2H3,(H,17,19)(H,18,21). The highest BCUT2D eigenvalue weighted by Crippen LogP contribution is 2.24. The number of nitrogens with zero attached hydrogens (tertiary/aromatic N) is 2. The number of rotatable bonds is 8. The van der Waals surface area contributed by atoms with Crippen molar-refractivity contribution in [3.8, 4) is 0 Å². The fourth-order valence-corrected chi connectivity index (χ4v) is 2.31. The maximum absolute atomic E-state index is 12.0. The Morgan fingerprint density at radius 2 is 2.24 bits per heavy atom. The molecule has 0 spiro atoms. The number of nitrogens with one attached hydrogen (secondary N) is 2. The van der Waals surface area contributed by atoms with E-state index in [0.717, 1.165) is 19.5 Å². The van der Waals surface area contributed by atoms with Gasteiger partial charge in [0.15, 0.2) is 0 Å². The van der Waals surface area contributed by atoms with Crippen LogP contribution in [-0.4, -0.2) is 48.5 Å². The van der Waals surface area contributed by atoms with Gasteiger partial charge in [-0.05, 0) is 32.4 Å². The van der Waals surface area contributed by atoms with E-state index in [0.29, 0.717) is 29.0 Å². The summed E-state index contributed by atoms with van der Waals surface area (Å²) in [6.45, 7) is 4.39. The molecule has 0 aromatic carbocycles. The lowest BCUT2D eigenvalue weighted by atomic mass is 10.2. The minimum atomic E-state index is -0.129.